The molecule has 0 fully saturated rings. The summed E-state index contributed by atoms with van der Waals surface area (Å²) in [4.78, 5) is 36.6. The van der Waals surface area contributed by atoms with Crippen LogP contribution in [0.15, 0.2) is 46.8 Å². The number of nitro benzene ring substituents is 1. The van der Waals surface area contributed by atoms with Crippen LogP contribution < -0.4 is 5.32 Å². The number of esters is 2. The Balaban J connectivity index is 2.63. The molecule has 0 saturated heterocycles. The van der Waals surface area contributed by atoms with Crippen molar-refractivity contribution < 1.29 is 24.0 Å². The molecule has 1 N–H and O–H groups in total. The van der Waals surface area contributed by atoms with E-state index in [2.05, 4.69) is 5.32 Å². The predicted octanol–water partition coefficient (Wildman–Crippen LogP) is 4.69. The van der Waals surface area contributed by atoms with Crippen molar-refractivity contribution in [1.82, 2.24) is 5.32 Å². The minimum absolute atomic E-state index is 0.0519. The predicted molar refractivity (Wildman–Crippen MR) is 117 cm³/mol. The quantitative estimate of drug-likeness (QED) is 0.266. The highest BCUT2D eigenvalue weighted by atomic mass is 35.6. The number of nitrogens with zero attached hydrogens (tertiary/aromatic N) is 1. The van der Waals surface area contributed by atoms with Crippen LogP contribution in [0.25, 0.3) is 0 Å². The van der Waals surface area contributed by atoms with E-state index >= 15 is 0 Å². The van der Waals surface area contributed by atoms with Gasteiger partial charge in [-0.15, -0.1) is 0 Å². The molecule has 8 nitrogen and oxygen atoms in total. The summed E-state index contributed by atoms with van der Waals surface area (Å²) in [5, 5.41) is 14.3. The monoisotopic (exact) mass is 490 g/mol. The first kappa shape index (κ1) is 25.0. The van der Waals surface area contributed by atoms with Crippen LogP contribution in [0, 0.1) is 10.1 Å². The van der Waals surface area contributed by atoms with Crippen molar-refractivity contribution >= 4 is 52.4 Å². The number of halogens is 3. The van der Waals surface area contributed by atoms with Gasteiger partial charge in [0, 0.05) is 23.5 Å². The fraction of sp³-hybridized carbons (Fsp3) is 0.400. The number of non-ortho nitro benzene ring substituents is 1. The van der Waals surface area contributed by atoms with E-state index in [0.717, 1.165) is 0 Å². The topological polar surface area (TPSA) is 108 Å². The molecule has 31 heavy (non-hydrogen) atoms. The molecule has 1 aromatic carbocycles. The first-order valence-electron chi connectivity index (χ1n) is 9.19. The average molecular weight is 492 g/mol. The van der Waals surface area contributed by atoms with Crippen LogP contribution in [0.4, 0.5) is 5.69 Å². The molecule has 168 valence electrons. The number of allylic oxidation sites excluding steroid dienone is 2. The van der Waals surface area contributed by atoms with Gasteiger partial charge in [0.05, 0.1) is 28.1 Å². The minimum Gasteiger partial charge on any atom is -0.460 e. The van der Waals surface area contributed by atoms with E-state index in [1.807, 2.05) is 0 Å². The normalized spacial score (nSPS) is 16.8. The molecule has 0 amide bonds. The highest BCUT2D eigenvalue weighted by molar-refractivity contribution is 6.67. The number of nitro groups is 1. The molecule has 1 aliphatic heterocycles. The van der Waals surface area contributed by atoms with Crippen molar-refractivity contribution in [2.24, 2.45) is 0 Å². The van der Waals surface area contributed by atoms with Crippen molar-refractivity contribution in [3.63, 3.8) is 0 Å². The van der Waals surface area contributed by atoms with E-state index in [4.69, 9.17) is 44.3 Å². The molecule has 11 heteroatoms. The van der Waals surface area contributed by atoms with Crippen LogP contribution >= 0.6 is 34.8 Å². The number of benzene rings is 1. The van der Waals surface area contributed by atoms with E-state index in [1.54, 1.807) is 33.8 Å². The molecule has 0 aromatic heterocycles. The summed E-state index contributed by atoms with van der Waals surface area (Å²) < 4.78 is 8.67. The third-order valence-corrected chi connectivity index (χ3v) is 4.65. The molecule has 1 aromatic rings. The lowest BCUT2D eigenvalue weighted by Crippen LogP contribution is -2.33. The van der Waals surface area contributed by atoms with E-state index < -0.39 is 39.3 Å². The van der Waals surface area contributed by atoms with Gasteiger partial charge in [-0.05, 0) is 33.3 Å². The Kier molecular flexibility index (Phi) is 7.97. The van der Waals surface area contributed by atoms with Crippen molar-refractivity contribution in [3.8, 4) is 0 Å². The molecule has 0 bridgehead atoms. The number of nitrogens with one attached hydrogen (secondary N) is 1. The van der Waals surface area contributed by atoms with Gasteiger partial charge in [-0.3, -0.25) is 10.1 Å². The van der Waals surface area contributed by atoms with Crippen LogP contribution in [0.3, 0.4) is 0 Å². The van der Waals surface area contributed by atoms with Crippen LogP contribution in [0.5, 0.6) is 0 Å². The van der Waals surface area contributed by atoms with Gasteiger partial charge in [0.25, 0.3) is 5.69 Å². The third kappa shape index (κ3) is 6.35. The Bertz CT molecular complexity index is 966. The number of hydrogen-bond donors (Lipinski definition) is 1. The zero-order valence-electron chi connectivity index (χ0n) is 17.2. The summed E-state index contributed by atoms with van der Waals surface area (Å²) in [7, 11) is 0. The van der Waals surface area contributed by atoms with Gasteiger partial charge in [-0.1, -0.05) is 46.9 Å². The number of carbonyl (C=O) groups excluding carboxylic acids is 2. The molecule has 2 rings (SSSR count). The van der Waals surface area contributed by atoms with Crippen LogP contribution in [-0.2, 0) is 19.1 Å². The zero-order chi connectivity index (χ0) is 23.5. The second kappa shape index (κ2) is 9.89. The number of ether oxygens (including phenoxy) is 2. The van der Waals surface area contributed by atoms with Gasteiger partial charge < -0.3 is 14.8 Å². The van der Waals surface area contributed by atoms with Gasteiger partial charge in [0.15, 0.2) is 0 Å². The van der Waals surface area contributed by atoms with E-state index in [1.165, 1.54) is 18.2 Å². The standard InChI is InChI=1S/C20H21Cl3N2O6/c1-10(2)31-19(27)16-12(4)24-11(3)15(18(26)30-9-20(21,22)23)17(16)13-6-5-7-14(8-13)25(28)29/h5-8,10,17,24H,9H2,1-4H3. The molecule has 1 unspecified atom stereocenters. The maximum atomic E-state index is 13.0. The number of alkyl halides is 3. The molecule has 1 atom stereocenters. The first-order valence-corrected chi connectivity index (χ1v) is 10.3. The lowest BCUT2D eigenvalue weighted by Gasteiger charge is -2.31. The Hall–Kier alpha value is -2.29. The SMILES string of the molecule is CC1=C(C(=O)OCC(Cl)(Cl)Cl)C(c2cccc([N+](=O)[O-])c2)C(C(=O)OC(C)C)=C(C)N1. The van der Waals surface area contributed by atoms with E-state index in [9.17, 15) is 19.7 Å². The fourth-order valence-corrected chi connectivity index (χ4v) is 3.35. The van der Waals surface area contributed by atoms with Crippen molar-refractivity contribution in [2.75, 3.05) is 6.61 Å². The summed E-state index contributed by atoms with van der Waals surface area (Å²) in [6.07, 6.45) is -0.426. The molecule has 0 aliphatic carbocycles. The lowest BCUT2D eigenvalue weighted by atomic mass is 9.80. The number of carbonyl (C=O) groups is 2. The van der Waals surface area contributed by atoms with Crippen molar-refractivity contribution in [2.45, 2.75) is 43.5 Å². The maximum Gasteiger partial charge on any atom is 0.337 e. The number of hydrogen-bond acceptors (Lipinski definition) is 7. The minimum atomic E-state index is -1.83. The summed E-state index contributed by atoms with van der Waals surface area (Å²) in [6.45, 7) is 6.11. The van der Waals surface area contributed by atoms with Crippen LogP contribution in [-0.4, -0.2) is 33.4 Å². The fourth-order valence-electron chi connectivity index (χ4n) is 3.19. The maximum absolute atomic E-state index is 13.0. The van der Waals surface area contributed by atoms with Gasteiger partial charge in [0.1, 0.15) is 6.61 Å². The van der Waals surface area contributed by atoms with Gasteiger partial charge in [-0.2, -0.15) is 0 Å². The van der Waals surface area contributed by atoms with Crippen molar-refractivity contribution in [1.29, 1.82) is 0 Å². The Morgan fingerprint density at radius 1 is 1.16 bits per heavy atom. The smallest absolute Gasteiger partial charge is 0.337 e. The molecular weight excluding hydrogens is 471 g/mol. The first-order chi connectivity index (χ1) is 14.3. The number of rotatable bonds is 6. The zero-order valence-corrected chi connectivity index (χ0v) is 19.5. The van der Waals surface area contributed by atoms with Gasteiger partial charge >= 0.3 is 11.9 Å². The summed E-state index contributed by atoms with van der Waals surface area (Å²) >= 11 is 17.1. The summed E-state index contributed by atoms with van der Waals surface area (Å²) in [5.74, 6) is -2.50. The largest absolute Gasteiger partial charge is 0.460 e. The van der Waals surface area contributed by atoms with E-state index in [0.29, 0.717) is 17.0 Å². The van der Waals surface area contributed by atoms with E-state index in [-0.39, 0.29) is 16.8 Å². The average Bonchev–Trinajstić information content (AvgIpc) is 2.64. The Labute approximate surface area is 194 Å². The van der Waals surface area contributed by atoms with Gasteiger partial charge in [-0.25, -0.2) is 9.59 Å². The molecule has 1 aliphatic rings. The molecule has 0 radical (unpaired) electrons. The Morgan fingerprint density at radius 2 is 1.74 bits per heavy atom. The second-order valence-corrected chi connectivity index (χ2v) is 9.65. The molecular formula is C20H21Cl3N2O6. The number of dihydropyridines is 1. The Morgan fingerprint density at radius 3 is 2.26 bits per heavy atom. The molecule has 1 heterocycles. The highest BCUT2D eigenvalue weighted by Crippen LogP contribution is 2.40. The van der Waals surface area contributed by atoms with Gasteiger partial charge in [0.2, 0.25) is 3.79 Å². The summed E-state index contributed by atoms with van der Waals surface area (Å²) in [5.41, 5.74) is 1.15. The molecule has 0 spiro atoms. The lowest BCUT2D eigenvalue weighted by molar-refractivity contribution is -0.384. The molecule has 0 saturated carbocycles. The summed E-state index contributed by atoms with van der Waals surface area (Å²) in [6, 6.07) is 5.65. The van der Waals surface area contributed by atoms with Crippen LogP contribution in [0.1, 0.15) is 39.2 Å². The highest BCUT2D eigenvalue weighted by Gasteiger charge is 2.39. The second-order valence-electron chi connectivity index (χ2n) is 7.13. The van der Waals surface area contributed by atoms with Crippen molar-refractivity contribution in [3.05, 3.63) is 62.5 Å². The van der Waals surface area contributed by atoms with Crippen LogP contribution in [0.2, 0.25) is 0 Å². The third-order valence-electron chi connectivity index (χ3n) is 4.32.